The van der Waals surface area contributed by atoms with Crippen molar-refractivity contribution in [3.8, 4) is 17.1 Å². The Morgan fingerprint density at radius 2 is 2.00 bits per heavy atom. The first-order chi connectivity index (χ1) is 10.4. The van der Waals surface area contributed by atoms with Crippen molar-refractivity contribution in [1.29, 1.82) is 0 Å². The summed E-state index contributed by atoms with van der Waals surface area (Å²) in [7, 11) is 0. The lowest BCUT2D eigenvalue weighted by atomic mass is 10.2. The Morgan fingerprint density at radius 3 is 2.71 bits per heavy atom. The van der Waals surface area contributed by atoms with Gasteiger partial charge in [-0.05, 0) is 30.7 Å². The van der Waals surface area contributed by atoms with Crippen LogP contribution in [0.1, 0.15) is 6.42 Å². The monoisotopic (exact) mass is 287 g/mol. The molecule has 2 aromatic rings. The third-order valence-corrected chi connectivity index (χ3v) is 3.62. The minimum Gasteiger partial charge on any atom is -0.494 e. The highest BCUT2D eigenvalue weighted by molar-refractivity contribution is 5.55. The van der Waals surface area contributed by atoms with Gasteiger partial charge in [0.1, 0.15) is 11.6 Å². The molecule has 5 nitrogen and oxygen atoms in total. The maximum Gasteiger partial charge on any atom is 0.137 e. The average Bonchev–Trinajstić information content (AvgIpc) is 3.08. The van der Waals surface area contributed by atoms with Crippen molar-refractivity contribution >= 4 is 0 Å². The summed E-state index contributed by atoms with van der Waals surface area (Å²) in [4.78, 5) is 9.75. The number of rotatable bonds is 6. The molecule has 0 amide bonds. The van der Waals surface area contributed by atoms with E-state index in [0.29, 0.717) is 0 Å². The van der Waals surface area contributed by atoms with Crippen LogP contribution in [0.15, 0.2) is 36.7 Å². The summed E-state index contributed by atoms with van der Waals surface area (Å²) in [5, 5.41) is 0. The van der Waals surface area contributed by atoms with Gasteiger partial charge in [-0.1, -0.05) is 0 Å². The Bertz CT molecular complexity index is 519. The minimum atomic E-state index is 0.747. The van der Waals surface area contributed by atoms with Gasteiger partial charge in [-0.2, -0.15) is 0 Å². The molecule has 1 aliphatic heterocycles. The molecule has 0 unspecified atom stereocenters. The lowest BCUT2D eigenvalue weighted by Gasteiger charge is -2.26. The summed E-state index contributed by atoms with van der Waals surface area (Å²) in [6.07, 6.45) is 4.62. The maximum atomic E-state index is 5.78. The molecule has 0 bridgehead atoms. The molecule has 2 heterocycles. The molecule has 1 aromatic carbocycles. The molecule has 0 spiro atoms. The van der Waals surface area contributed by atoms with E-state index in [1.807, 2.05) is 30.5 Å². The van der Waals surface area contributed by atoms with E-state index in [1.165, 1.54) is 0 Å². The van der Waals surface area contributed by atoms with Crippen LogP contribution in [0.5, 0.6) is 5.75 Å². The zero-order chi connectivity index (χ0) is 14.3. The zero-order valence-electron chi connectivity index (χ0n) is 12.1. The second kappa shape index (κ2) is 7.24. The summed E-state index contributed by atoms with van der Waals surface area (Å²) in [5.74, 6) is 1.79. The van der Waals surface area contributed by atoms with Crippen LogP contribution in [0.4, 0.5) is 0 Å². The molecule has 1 saturated heterocycles. The van der Waals surface area contributed by atoms with Gasteiger partial charge in [0, 0.05) is 37.6 Å². The molecule has 112 valence electrons. The van der Waals surface area contributed by atoms with Crippen LogP contribution in [0.2, 0.25) is 0 Å². The molecule has 5 heteroatoms. The summed E-state index contributed by atoms with van der Waals surface area (Å²) in [6, 6.07) is 8.03. The van der Waals surface area contributed by atoms with Gasteiger partial charge >= 0.3 is 0 Å². The fourth-order valence-electron chi connectivity index (χ4n) is 2.44. The SMILES string of the molecule is c1c[nH]c(-c2ccc(OCCCN3CCOCC3)cc2)n1. The van der Waals surface area contributed by atoms with E-state index in [1.54, 1.807) is 6.20 Å². The summed E-state index contributed by atoms with van der Waals surface area (Å²) in [6.45, 7) is 5.62. The van der Waals surface area contributed by atoms with Gasteiger partial charge in [0.25, 0.3) is 0 Å². The first kappa shape index (κ1) is 14.1. The standard InChI is InChI=1S/C16H21N3O2/c1(8-19-9-12-20-13-10-19)11-21-15-4-2-14(3-5-15)16-17-6-7-18-16/h2-7H,1,8-13H2,(H,17,18). The highest BCUT2D eigenvalue weighted by atomic mass is 16.5. The summed E-state index contributed by atoms with van der Waals surface area (Å²) >= 11 is 0. The fourth-order valence-corrected chi connectivity index (χ4v) is 2.44. The molecule has 3 rings (SSSR count). The average molecular weight is 287 g/mol. The van der Waals surface area contributed by atoms with Crippen molar-refractivity contribution < 1.29 is 9.47 Å². The lowest BCUT2D eigenvalue weighted by Crippen LogP contribution is -2.37. The number of aromatic amines is 1. The van der Waals surface area contributed by atoms with Gasteiger partial charge in [-0.3, -0.25) is 4.90 Å². The van der Waals surface area contributed by atoms with Crippen LogP contribution in [-0.2, 0) is 4.74 Å². The number of H-pyrrole nitrogens is 1. The van der Waals surface area contributed by atoms with Crippen LogP contribution in [0.25, 0.3) is 11.4 Å². The first-order valence-electron chi connectivity index (χ1n) is 7.44. The van der Waals surface area contributed by atoms with Crippen molar-refractivity contribution in [2.24, 2.45) is 0 Å². The molecular formula is C16H21N3O2. The molecule has 21 heavy (non-hydrogen) atoms. The van der Waals surface area contributed by atoms with Crippen molar-refractivity contribution in [2.45, 2.75) is 6.42 Å². The lowest BCUT2D eigenvalue weighted by molar-refractivity contribution is 0.0358. The molecule has 0 atom stereocenters. The minimum absolute atomic E-state index is 0.747. The van der Waals surface area contributed by atoms with Crippen molar-refractivity contribution in [3.63, 3.8) is 0 Å². The Morgan fingerprint density at radius 1 is 1.19 bits per heavy atom. The maximum absolute atomic E-state index is 5.78. The predicted molar refractivity (Wildman–Crippen MR) is 81.4 cm³/mol. The third-order valence-electron chi connectivity index (χ3n) is 3.62. The second-order valence-corrected chi connectivity index (χ2v) is 5.12. The molecular weight excluding hydrogens is 266 g/mol. The van der Waals surface area contributed by atoms with Gasteiger partial charge < -0.3 is 14.5 Å². The Balaban J connectivity index is 1.41. The molecule has 0 radical (unpaired) electrons. The zero-order valence-corrected chi connectivity index (χ0v) is 12.1. The van der Waals surface area contributed by atoms with Crippen LogP contribution in [0, 0.1) is 0 Å². The first-order valence-corrected chi connectivity index (χ1v) is 7.44. The molecule has 1 aliphatic rings. The van der Waals surface area contributed by atoms with E-state index in [2.05, 4.69) is 14.9 Å². The van der Waals surface area contributed by atoms with Gasteiger partial charge in [-0.15, -0.1) is 0 Å². The molecule has 0 aliphatic carbocycles. The number of nitrogens with one attached hydrogen (secondary N) is 1. The number of hydrogen-bond donors (Lipinski definition) is 1. The van der Waals surface area contributed by atoms with Gasteiger partial charge in [0.05, 0.1) is 19.8 Å². The highest BCUT2D eigenvalue weighted by Gasteiger charge is 2.09. The number of imidazole rings is 1. The molecule has 1 N–H and O–H groups in total. The van der Waals surface area contributed by atoms with Crippen LogP contribution >= 0.6 is 0 Å². The van der Waals surface area contributed by atoms with Crippen molar-refractivity contribution in [3.05, 3.63) is 36.7 Å². The molecule has 1 aromatic heterocycles. The highest BCUT2D eigenvalue weighted by Crippen LogP contribution is 2.19. The van der Waals surface area contributed by atoms with Gasteiger partial charge in [-0.25, -0.2) is 4.98 Å². The third kappa shape index (κ3) is 4.06. The molecule has 0 saturated carbocycles. The topological polar surface area (TPSA) is 50.4 Å². The number of ether oxygens (including phenoxy) is 2. The van der Waals surface area contributed by atoms with Crippen molar-refractivity contribution in [1.82, 2.24) is 14.9 Å². The van der Waals surface area contributed by atoms with E-state index < -0.39 is 0 Å². The second-order valence-electron chi connectivity index (χ2n) is 5.12. The van der Waals surface area contributed by atoms with Crippen molar-refractivity contribution in [2.75, 3.05) is 39.5 Å². The van der Waals surface area contributed by atoms with Crippen LogP contribution in [-0.4, -0.2) is 54.3 Å². The predicted octanol–water partition coefficient (Wildman–Crippen LogP) is 2.18. The van der Waals surface area contributed by atoms with Crippen LogP contribution in [0.3, 0.4) is 0 Å². The van der Waals surface area contributed by atoms with Gasteiger partial charge in [0.15, 0.2) is 0 Å². The van der Waals surface area contributed by atoms with E-state index in [9.17, 15) is 0 Å². The van der Waals surface area contributed by atoms with Gasteiger partial charge in [0.2, 0.25) is 0 Å². The number of morpholine rings is 1. The Kier molecular flexibility index (Phi) is 4.86. The quantitative estimate of drug-likeness (QED) is 0.827. The Labute approximate surface area is 124 Å². The summed E-state index contributed by atoms with van der Waals surface area (Å²) in [5.41, 5.74) is 1.07. The number of benzene rings is 1. The largest absolute Gasteiger partial charge is 0.494 e. The van der Waals surface area contributed by atoms with Crippen LogP contribution < -0.4 is 4.74 Å². The van der Waals surface area contributed by atoms with E-state index in [4.69, 9.17) is 9.47 Å². The van der Waals surface area contributed by atoms with E-state index >= 15 is 0 Å². The fraction of sp³-hybridized carbons (Fsp3) is 0.438. The Hall–Kier alpha value is -1.85. The summed E-state index contributed by atoms with van der Waals surface area (Å²) < 4.78 is 11.1. The van der Waals surface area contributed by atoms with E-state index in [-0.39, 0.29) is 0 Å². The normalized spacial score (nSPS) is 16.0. The smallest absolute Gasteiger partial charge is 0.137 e. The number of aromatic nitrogens is 2. The number of nitrogens with zero attached hydrogens (tertiary/aromatic N) is 2. The molecule has 1 fully saturated rings. The number of hydrogen-bond acceptors (Lipinski definition) is 4. The van der Waals surface area contributed by atoms with E-state index in [0.717, 1.165) is 63.0 Å².